The number of hydrogen-bond acceptors (Lipinski definition) is 3. The third-order valence-corrected chi connectivity index (χ3v) is 4.12. The van der Waals surface area contributed by atoms with Gasteiger partial charge in [0.1, 0.15) is 6.07 Å². The third kappa shape index (κ3) is 1.39. The van der Waals surface area contributed by atoms with Crippen molar-refractivity contribution >= 4 is 43.0 Å². The zero-order valence-corrected chi connectivity index (χ0v) is 9.65. The molecule has 0 saturated heterocycles. The summed E-state index contributed by atoms with van der Waals surface area (Å²) in [5, 5.41) is 10.6. The molecule has 2 rings (SSSR count). The summed E-state index contributed by atoms with van der Waals surface area (Å²) >= 11 is 5.09. The van der Waals surface area contributed by atoms with Gasteiger partial charge in [0.05, 0.1) is 11.3 Å². The lowest BCUT2D eigenvalue weighted by Gasteiger charge is -1.97. The van der Waals surface area contributed by atoms with Crippen LogP contribution < -0.4 is 5.73 Å². The van der Waals surface area contributed by atoms with Crippen molar-refractivity contribution in [2.24, 2.45) is 0 Å². The Morgan fingerprint density at radius 3 is 2.93 bits per heavy atom. The van der Waals surface area contributed by atoms with Crippen molar-refractivity contribution < 1.29 is 0 Å². The van der Waals surface area contributed by atoms with E-state index in [-0.39, 0.29) is 0 Å². The predicted molar refractivity (Wildman–Crippen MR) is 63.6 cm³/mol. The largest absolute Gasteiger partial charge is 0.397 e. The first-order chi connectivity index (χ1) is 6.76. The third-order valence-electron chi connectivity index (χ3n) is 2.05. The highest BCUT2D eigenvalue weighted by molar-refractivity contribution is 9.08. The van der Waals surface area contributed by atoms with E-state index in [9.17, 15) is 0 Å². The fourth-order valence-corrected chi connectivity index (χ4v) is 2.78. The smallest absolute Gasteiger partial charge is 0.101 e. The molecule has 0 radical (unpaired) electrons. The summed E-state index contributed by atoms with van der Waals surface area (Å²) in [6.07, 6.45) is 0. The van der Waals surface area contributed by atoms with Crippen molar-refractivity contribution in [3.05, 3.63) is 28.6 Å². The maximum Gasteiger partial charge on any atom is 0.101 e. The molecule has 70 valence electrons. The van der Waals surface area contributed by atoms with Crippen LogP contribution in [0.4, 0.5) is 5.69 Å². The summed E-state index contributed by atoms with van der Waals surface area (Å²) in [6, 6.07) is 7.83. The number of rotatable bonds is 1. The molecule has 0 unspecified atom stereocenters. The number of fused-ring (bicyclic) bond motifs is 1. The Morgan fingerprint density at radius 2 is 2.29 bits per heavy atom. The number of alkyl halides is 1. The molecule has 14 heavy (non-hydrogen) atoms. The first kappa shape index (κ1) is 9.50. The summed E-state index contributed by atoms with van der Waals surface area (Å²) < 4.78 is 1.14. The highest BCUT2D eigenvalue weighted by atomic mass is 79.9. The molecule has 2 nitrogen and oxygen atoms in total. The molecule has 1 heterocycles. The van der Waals surface area contributed by atoms with Crippen LogP contribution in [-0.4, -0.2) is 0 Å². The number of nitrogens with two attached hydrogens (primary N) is 1. The molecule has 0 fully saturated rings. The van der Waals surface area contributed by atoms with E-state index in [1.54, 1.807) is 17.4 Å². The first-order valence-electron chi connectivity index (χ1n) is 4.03. The van der Waals surface area contributed by atoms with Crippen LogP contribution in [0, 0.1) is 11.3 Å². The van der Waals surface area contributed by atoms with E-state index < -0.39 is 0 Å². The molecule has 0 aliphatic heterocycles. The minimum atomic E-state index is 0.552. The van der Waals surface area contributed by atoms with E-state index in [1.807, 2.05) is 12.1 Å². The minimum absolute atomic E-state index is 0.552. The normalized spacial score (nSPS) is 10.3. The van der Waals surface area contributed by atoms with Crippen molar-refractivity contribution in [1.82, 2.24) is 0 Å². The fourth-order valence-electron chi connectivity index (χ4n) is 1.35. The molecule has 0 saturated carbocycles. The lowest BCUT2D eigenvalue weighted by atomic mass is 10.1. The highest BCUT2D eigenvalue weighted by Gasteiger charge is 2.07. The van der Waals surface area contributed by atoms with E-state index in [1.165, 1.54) is 4.88 Å². The van der Waals surface area contributed by atoms with Crippen LogP contribution in [0.25, 0.3) is 10.1 Å². The number of thiophene rings is 1. The van der Waals surface area contributed by atoms with E-state index >= 15 is 0 Å². The van der Waals surface area contributed by atoms with Gasteiger partial charge in [0.15, 0.2) is 0 Å². The molecule has 4 heteroatoms. The fraction of sp³-hybridized carbons (Fsp3) is 0.100. The van der Waals surface area contributed by atoms with Crippen LogP contribution in [0.15, 0.2) is 18.2 Å². The van der Waals surface area contributed by atoms with Gasteiger partial charge in [-0.3, -0.25) is 0 Å². The Morgan fingerprint density at radius 1 is 1.50 bits per heavy atom. The number of halogens is 1. The molecule has 1 aromatic heterocycles. The van der Waals surface area contributed by atoms with Gasteiger partial charge in [-0.05, 0) is 18.2 Å². The van der Waals surface area contributed by atoms with E-state index in [0.29, 0.717) is 11.3 Å². The van der Waals surface area contributed by atoms with Crippen LogP contribution in [0.3, 0.4) is 0 Å². The minimum Gasteiger partial charge on any atom is -0.397 e. The van der Waals surface area contributed by atoms with Gasteiger partial charge in [-0.15, -0.1) is 11.3 Å². The summed E-state index contributed by atoms with van der Waals surface area (Å²) in [4.78, 5) is 1.22. The van der Waals surface area contributed by atoms with Gasteiger partial charge in [0.2, 0.25) is 0 Å². The van der Waals surface area contributed by atoms with Gasteiger partial charge in [0, 0.05) is 20.3 Å². The van der Waals surface area contributed by atoms with E-state index in [2.05, 4.69) is 22.0 Å². The van der Waals surface area contributed by atoms with Crippen molar-refractivity contribution in [3.8, 4) is 6.07 Å². The molecule has 0 spiro atoms. The first-order valence-corrected chi connectivity index (χ1v) is 5.97. The number of nitriles is 1. The molecular formula is C10H7BrN2S. The Kier molecular flexibility index (Phi) is 2.44. The van der Waals surface area contributed by atoms with Gasteiger partial charge in [-0.2, -0.15) is 5.26 Å². The molecule has 1 aromatic carbocycles. The van der Waals surface area contributed by atoms with Gasteiger partial charge in [0.25, 0.3) is 0 Å². The molecule has 0 atom stereocenters. The SMILES string of the molecule is N#Cc1ccc2sc(CBr)cc2c1N. The maximum atomic E-state index is 8.81. The average molecular weight is 267 g/mol. The Bertz CT molecular complexity index is 525. The Hall–Kier alpha value is -1.05. The molecule has 0 aliphatic carbocycles. The number of nitrogen functional groups attached to an aromatic ring is 1. The van der Waals surface area contributed by atoms with Gasteiger partial charge >= 0.3 is 0 Å². The zero-order chi connectivity index (χ0) is 10.1. The van der Waals surface area contributed by atoms with E-state index in [0.717, 1.165) is 15.4 Å². The van der Waals surface area contributed by atoms with Crippen LogP contribution in [0.1, 0.15) is 10.4 Å². The van der Waals surface area contributed by atoms with Crippen LogP contribution in [-0.2, 0) is 5.33 Å². The number of anilines is 1. The van der Waals surface area contributed by atoms with E-state index in [4.69, 9.17) is 11.0 Å². The van der Waals surface area contributed by atoms with Gasteiger partial charge in [-0.25, -0.2) is 0 Å². The average Bonchev–Trinajstić information content (AvgIpc) is 2.62. The second kappa shape index (κ2) is 3.60. The predicted octanol–water partition coefficient (Wildman–Crippen LogP) is 3.25. The zero-order valence-electron chi connectivity index (χ0n) is 7.25. The quantitative estimate of drug-likeness (QED) is 0.637. The second-order valence-corrected chi connectivity index (χ2v) is 4.63. The highest BCUT2D eigenvalue weighted by Crippen LogP contribution is 2.32. The Balaban J connectivity index is 2.76. The lowest BCUT2D eigenvalue weighted by molar-refractivity contribution is 1.50. The van der Waals surface area contributed by atoms with Crippen molar-refractivity contribution in [2.45, 2.75) is 5.33 Å². The summed E-state index contributed by atoms with van der Waals surface area (Å²) in [5.41, 5.74) is 7.01. The summed E-state index contributed by atoms with van der Waals surface area (Å²) in [7, 11) is 0. The second-order valence-electron chi connectivity index (χ2n) is 2.90. The number of nitrogens with zero attached hydrogens (tertiary/aromatic N) is 1. The monoisotopic (exact) mass is 266 g/mol. The maximum absolute atomic E-state index is 8.81. The summed E-state index contributed by atoms with van der Waals surface area (Å²) in [5.74, 6) is 0. The van der Waals surface area contributed by atoms with Crippen molar-refractivity contribution in [3.63, 3.8) is 0 Å². The summed E-state index contributed by atoms with van der Waals surface area (Å²) in [6.45, 7) is 0. The standard InChI is InChI=1S/C10H7BrN2S/c11-4-7-3-8-9(14-7)2-1-6(5-12)10(8)13/h1-3H,4,13H2. The molecule has 0 aliphatic rings. The van der Waals surface area contributed by atoms with Gasteiger partial charge < -0.3 is 5.73 Å². The van der Waals surface area contributed by atoms with Crippen LogP contribution in [0.5, 0.6) is 0 Å². The lowest BCUT2D eigenvalue weighted by Crippen LogP contribution is -1.89. The molecule has 2 aromatic rings. The topological polar surface area (TPSA) is 49.8 Å². The molecule has 2 N–H and O–H groups in total. The van der Waals surface area contributed by atoms with Gasteiger partial charge in [-0.1, -0.05) is 15.9 Å². The molecular weight excluding hydrogens is 260 g/mol. The molecule has 0 amide bonds. The van der Waals surface area contributed by atoms with Crippen molar-refractivity contribution in [2.75, 3.05) is 5.73 Å². The molecule has 0 bridgehead atoms. The Labute approximate surface area is 94.1 Å². The number of hydrogen-bond donors (Lipinski definition) is 1. The van der Waals surface area contributed by atoms with Crippen LogP contribution >= 0.6 is 27.3 Å². The van der Waals surface area contributed by atoms with Crippen molar-refractivity contribution in [1.29, 1.82) is 5.26 Å². The van der Waals surface area contributed by atoms with Crippen LogP contribution in [0.2, 0.25) is 0 Å². The number of benzene rings is 1.